The summed E-state index contributed by atoms with van der Waals surface area (Å²) in [6.45, 7) is 1.48. The molecule has 4 heteroatoms. The third-order valence-corrected chi connectivity index (χ3v) is 6.70. The maximum atomic E-state index is 5.81. The summed E-state index contributed by atoms with van der Waals surface area (Å²) in [5.74, 6) is 4.43. The van der Waals surface area contributed by atoms with E-state index in [1.165, 1.54) is 17.1 Å². The first-order chi connectivity index (χ1) is 11.4. The highest BCUT2D eigenvalue weighted by molar-refractivity contribution is 8.19. The van der Waals surface area contributed by atoms with Crippen molar-refractivity contribution in [2.45, 2.75) is 17.4 Å². The standard InChI is InChI=1S/C19H22O2S2/c1-2-6-17(7-3-1)20-12-4-5-13-21-18-10-8-16(9-11-18)19-22-14-15-23-19/h1-3,6-11,19H,4-5,12-15H2. The van der Waals surface area contributed by atoms with Crippen LogP contribution in [-0.4, -0.2) is 24.7 Å². The molecule has 0 bridgehead atoms. The highest BCUT2D eigenvalue weighted by Crippen LogP contribution is 2.45. The number of thioether (sulfide) groups is 2. The van der Waals surface area contributed by atoms with Gasteiger partial charge in [0.2, 0.25) is 0 Å². The van der Waals surface area contributed by atoms with E-state index in [1.54, 1.807) is 0 Å². The lowest BCUT2D eigenvalue weighted by atomic mass is 10.2. The Labute approximate surface area is 147 Å². The molecule has 0 N–H and O–H groups in total. The van der Waals surface area contributed by atoms with Crippen molar-refractivity contribution in [3.63, 3.8) is 0 Å². The van der Waals surface area contributed by atoms with Crippen LogP contribution in [-0.2, 0) is 0 Å². The molecule has 0 aliphatic carbocycles. The maximum absolute atomic E-state index is 5.81. The molecule has 3 rings (SSSR count). The van der Waals surface area contributed by atoms with Gasteiger partial charge >= 0.3 is 0 Å². The molecule has 0 atom stereocenters. The number of unbranched alkanes of at least 4 members (excludes halogenated alkanes) is 1. The lowest BCUT2D eigenvalue weighted by Gasteiger charge is -2.10. The summed E-state index contributed by atoms with van der Waals surface area (Å²) >= 11 is 4.07. The predicted octanol–water partition coefficient (Wildman–Crippen LogP) is 5.40. The van der Waals surface area contributed by atoms with Crippen LogP contribution in [0.2, 0.25) is 0 Å². The first-order valence-corrected chi connectivity index (χ1v) is 10.2. The number of hydrogen-bond donors (Lipinski definition) is 0. The third kappa shape index (κ3) is 5.40. The lowest BCUT2D eigenvalue weighted by Crippen LogP contribution is -2.02. The van der Waals surface area contributed by atoms with Crippen LogP contribution in [0.25, 0.3) is 0 Å². The highest BCUT2D eigenvalue weighted by atomic mass is 32.2. The molecule has 1 heterocycles. The Bertz CT molecular complexity index is 566. The van der Waals surface area contributed by atoms with Crippen LogP contribution in [0, 0.1) is 0 Å². The number of benzene rings is 2. The Balaban J connectivity index is 1.31. The van der Waals surface area contributed by atoms with Crippen molar-refractivity contribution < 1.29 is 9.47 Å². The lowest BCUT2D eigenvalue weighted by molar-refractivity contribution is 0.266. The average Bonchev–Trinajstić information content (AvgIpc) is 3.14. The van der Waals surface area contributed by atoms with Crippen LogP contribution in [0.5, 0.6) is 11.5 Å². The van der Waals surface area contributed by atoms with Gasteiger partial charge in [0, 0.05) is 11.5 Å². The summed E-state index contributed by atoms with van der Waals surface area (Å²) in [5, 5.41) is 0. The fourth-order valence-electron chi connectivity index (χ4n) is 2.37. The molecular weight excluding hydrogens is 324 g/mol. The van der Waals surface area contributed by atoms with E-state index in [9.17, 15) is 0 Å². The van der Waals surface area contributed by atoms with Crippen LogP contribution in [0.3, 0.4) is 0 Å². The molecule has 1 aliphatic rings. The largest absolute Gasteiger partial charge is 0.494 e. The second-order valence-corrected chi connectivity index (χ2v) is 8.08. The zero-order chi connectivity index (χ0) is 15.7. The average molecular weight is 347 g/mol. The fraction of sp³-hybridized carbons (Fsp3) is 0.368. The minimum atomic E-state index is 0.610. The van der Waals surface area contributed by atoms with E-state index in [0.717, 1.165) is 37.6 Å². The quantitative estimate of drug-likeness (QED) is 0.595. The van der Waals surface area contributed by atoms with E-state index < -0.39 is 0 Å². The topological polar surface area (TPSA) is 18.5 Å². The Hall–Kier alpha value is -1.26. The summed E-state index contributed by atoms with van der Waals surface area (Å²) in [6, 6.07) is 18.5. The van der Waals surface area contributed by atoms with Gasteiger partial charge in [-0.3, -0.25) is 0 Å². The molecule has 23 heavy (non-hydrogen) atoms. The molecule has 2 aromatic carbocycles. The zero-order valence-electron chi connectivity index (χ0n) is 13.1. The molecule has 1 saturated heterocycles. The van der Waals surface area contributed by atoms with Gasteiger partial charge < -0.3 is 9.47 Å². The molecule has 0 spiro atoms. The van der Waals surface area contributed by atoms with Crippen LogP contribution in [0.4, 0.5) is 0 Å². The molecule has 0 radical (unpaired) electrons. The first-order valence-electron chi connectivity index (χ1n) is 8.06. The van der Waals surface area contributed by atoms with Crippen molar-refractivity contribution in [2.75, 3.05) is 24.7 Å². The molecular formula is C19H22O2S2. The van der Waals surface area contributed by atoms with Crippen molar-refractivity contribution in [1.29, 1.82) is 0 Å². The molecule has 0 aromatic heterocycles. The van der Waals surface area contributed by atoms with E-state index in [2.05, 4.69) is 24.3 Å². The summed E-state index contributed by atoms with van der Waals surface area (Å²) in [7, 11) is 0. The number of para-hydroxylation sites is 1. The highest BCUT2D eigenvalue weighted by Gasteiger charge is 2.17. The van der Waals surface area contributed by atoms with Crippen LogP contribution >= 0.6 is 23.5 Å². The molecule has 2 nitrogen and oxygen atoms in total. The van der Waals surface area contributed by atoms with Gasteiger partial charge in [-0.15, -0.1) is 23.5 Å². The first kappa shape index (κ1) is 16.6. The fourth-order valence-corrected chi connectivity index (χ4v) is 5.23. The van der Waals surface area contributed by atoms with Crippen molar-refractivity contribution in [2.24, 2.45) is 0 Å². The number of rotatable bonds is 8. The van der Waals surface area contributed by atoms with Crippen LogP contribution in [0.1, 0.15) is 23.0 Å². The second kappa shape index (κ2) is 9.14. The summed E-state index contributed by atoms with van der Waals surface area (Å²) in [4.78, 5) is 0. The molecule has 2 aromatic rings. The molecule has 0 saturated carbocycles. The molecule has 0 unspecified atom stereocenters. The van der Waals surface area contributed by atoms with Gasteiger partial charge in [-0.2, -0.15) is 0 Å². The number of ether oxygens (including phenoxy) is 2. The zero-order valence-corrected chi connectivity index (χ0v) is 14.8. The van der Waals surface area contributed by atoms with Gasteiger partial charge in [-0.05, 0) is 42.7 Å². The smallest absolute Gasteiger partial charge is 0.119 e. The van der Waals surface area contributed by atoms with E-state index in [1.807, 2.05) is 53.9 Å². The SMILES string of the molecule is c1ccc(OCCCCOc2ccc(C3SCCS3)cc2)cc1. The van der Waals surface area contributed by atoms with Crippen LogP contribution < -0.4 is 9.47 Å². The van der Waals surface area contributed by atoms with Crippen molar-refractivity contribution in [1.82, 2.24) is 0 Å². The normalized spacial score (nSPS) is 14.8. The van der Waals surface area contributed by atoms with E-state index >= 15 is 0 Å². The Morgan fingerprint density at radius 1 is 0.739 bits per heavy atom. The van der Waals surface area contributed by atoms with E-state index in [-0.39, 0.29) is 0 Å². The van der Waals surface area contributed by atoms with Gasteiger partial charge in [0.1, 0.15) is 11.5 Å². The van der Waals surface area contributed by atoms with E-state index in [0.29, 0.717) is 4.58 Å². The van der Waals surface area contributed by atoms with Gasteiger partial charge in [0.25, 0.3) is 0 Å². The summed E-state index contributed by atoms with van der Waals surface area (Å²) < 4.78 is 12.1. The van der Waals surface area contributed by atoms with Gasteiger partial charge in [-0.1, -0.05) is 30.3 Å². The molecule has 0 amide bonds. The molecule has 122 valence electrons. The Morgan fingerprint density at radius 2 is 1.30 bits per heavy atom. The monoisotopic (exact) mass is 346 g/mol. The second-order valence-electron chi connectivity index (χ2n) is 5.36. The predicted molar refractivity (Wildman–Crippen MR) is 101 cm³/mol. The van der Waals surface area contributed by atoms with Gasteiger partial charge in [0.05, 0.1) is 17.8 Å². The molecule has 1 aliphatic heterocycles. The third-order valence-electron chi connectivity index (χ3n) is 3.59. The van der Waals surface area contributed by atoms with Crippen molar-refractivity contribution in [3.05, 3.63) is 60.2 Å². The Morgan fingerprint density at radius 3 is 1.91 bits per heavy atom. The van der Waals surface area contributed by atoms with Crippen LogP contribution in [0.15, 0.2) is 54.6 Å². The minimum absolute atomic E-state index is 0.610. The minimum Gasteiger partial charge on any atom is -0.494 e. The van der Waals surface area contributed by atoms with Crippen molar-refractivity contribution >= 4 is 23.5 Å². The van der Waals surface area contributed by atoms with Gasteiger partial charge in [-0.25, -0.2) is 0 Å². The summed E-state index contributed by atoms with van der Waals surface area (Å²) in [6.07, 6.45) is 2.01. The van der Waals surface area contributed by atoms with Crippen molar-refractivity contribution in [3.8, 4) is 11.5 Å². The van der Waals surface area contributed by atoms with Gasteiger partial charge in [0.15, 0.2) is 0 Å². The Kier molecular flexibility index (Phi) is 6.59. The molecule has 1 fully saturated rings. The maximum Gasteiger partial charge on any atom is 0.119 e. The number of hydrogen-bond acceptors (Lipinski definition) is 4. The van der Waals surface area contributed by atoms with E-state index in [4.69, 9.17) is 9.47 Å². The summed E-state index contributed by atoms with van der Waals surface area (Å²) in [5.41, 5.74) is 1.40.